The molecular formula is C16H25BrN2. The molecule has 1 saturated heterocycles. The van der Waals surface area contributed by atoms with Crippen LogP contribution < -0.4 is 10.2 Å². The highest BCUT2D eigenvalue weighted by Crippen LogP contribution is 2.33. The summed E-state index contributed by atoms with van der Waals surface area (Å²) >= 11 is 3.76. The maximum Gasteiger partial charge on any atom is 0.0513 e. The zero-order chi connectivity index (χ0) is 13.7. The lowest BCUT2D eigenvalue weighted by atomic mass is 9.97. The van der Waals surface area contributed by atoms with Gasteiger partial charge in [-0.3, -0.25) is 0 Å². The summed E-state index contributed by atoms with van der Waals surface area (Å²) in [4.78, 5) is 2.61. The summed E-state index contributed by atoms with van der Waals surface area (Å²) < 4.78 is 1.24. The molecule has 106 valence electrons. The number of rotatable bonds is 5. The van der Waals surface area contributed by atoms with Gasteiger partial charge in [-0.15, -0.1) is 0 Å². The van der Waals surface area contributed by atoms with Crippen LogP contribution >= 0.6 is 15.9 Å². The van der Waals surface area contributed by atoms with E-state index in [2.05, 4.69) is 51.3 Å². The Hall–Kier alpha value is -0.540. The van der Waals surface area contributed by atoms with Crippen LogP contribution in [0.4, 0.5) is 5.69 Å². The SMILES string of the molecule is CCCC1CCCCN1c1ccc(CNC)cc1Br. The highest BCUT2D eigenvalue weighted by molar-refractivity contribution is 9.10. The van der Waals surface area contributed by atoms with E-state index in [0.29, 0.717) is 0 Å². The van der Waals surface area contributed by atoms with Gasteiger partial charge in [0, 0.05) is 23.6 Å². The molecule has 2 rings (SSSR count). The van der Waals surface area contributed by atoms with Gasteiger partial charge in [-0.25, -0.2) is 0 Å². The van der Waals surface area contributed by atoms with Crippen molar-refractivity contribution < 1.29 is 0 Å². The third-order valence-corrected chi connectivity index (χ3v) is 4.59. The average Bonchev–Trinajstić information content (AvgIpc) is 2.41. The Morgan fingerprint density at radius 3 is 2.89 bits per heavy atom. The zero-order valence-corrected chi connectivity index (χ0v) is 13.7. The van der Waals surface area contributed by atoms with Gasteiger partial charge in [-0.05, 0) is 66.4 Å². The van der Waals surface area contributed by atoms with Crippen molar-refractivity contribution in [3.05, 3.63) is 28.2 Å². The Bertz CT molecular complexity index is 404. The van der Waals surface area contributed by atoms with Crippen LogP contribution in [0.15, 0.2) is 22.7 Å². The molecule has 1 N–H and O–H groups in total. The van der Waals surface area contributed by atoms with Crippen molar-refractivity contribution >= 4 is 21.6 Å². The molecule has 1 aliphatic rings. The van der Waals surface area contributed by atoms with Crippen LogP contribution in [-0.2, 0) is 6.54 Å². The summed E-state index contributed by atoms with van der Waals surface area (Å²) in [5, 5.41) is 3.20. The minimum atomic E-state index is 0.727. The van der Waals surface area contributed by atoms with Crippen molar-refractivity contribution in [3.63, 3.8) is 0 Å². The van der Waals surface area contributed by atoms with Crippen LogP contribution in [0.1, 0.15) is 44.6 Å². The van der Waals surface area contributed by atoms with Crippen molar-refractivity contribution in [1.82, 2.24) is 5.32 Å². The van der Waals surface area contributed by atoms with Crippen molar-refractivity contribution in [3.8, 4) is 0 Å². The van der Waals surface area contributed by atoms with Gasteiger partial charge >= 0.3 is 0 Å². The number of hydrogen-bond donors (Lipinski definition) is 1. The normalized spacial score (nSPS) is 19.7. The van der Waals surface area contributed by atoms with Gasteiger partial charge in [0.05, 0.1) is 5.69 Å². The van der Waals surface area contributed by atoms with Gasteiger partial charge in [-0.1, -0.05) is 19.4 Å². The lowest BCUT2D eigenvalue weighted by Gasteiger charge is -2.38. The van der Waals surface area contributed by atoms with Crippen LogP contribution in [-0.4, -0.2) is 19.6 Å². The molecule has 1 heterocycles. The van der Waals surface area contributed by atoms with Crippen LogP contribution in [0.2, 0.25) is 0 Å². The first-order chi connectivity index (χ1) is 9.26. The third-order valence-electron chi connectivity index (χ3n) is 3.95. The van der Waals surface area contributed by atoms with E-state index in [9.17, 15) is 0 Å². The first-order valence-electron chi connectivity index (χ1n) is 7.46. The molecule has 3 heteroatoms. The van der Waals surface area contributed by atoms with Crippen molar-refractivity contribution in [2.45, 2.75) is 51.6 Å². The molecule has 0 spiro atoms. The van der Waals surface area contributed by atoms with E-state index in [1.807, 2.05) is 7.05 Å². The van der Waals surface area contributed by atoms with E-state index in [-0.39, 0.29) is 0 Å². The van der Waals surface area contributed by atoms with Gasteiger partial charge in [0.25, 0.3) is 0 Å². The molecule has 1 aromatic rings. The summed E-state index contributed by atoms with van der Waals surface area (Å²) in [6.07, 6.45) is 6.64. The number of halogens is 1. The number of anilines is 1. The Labute approximate surface area is 125 Å². The molecule has 1 atom stereocenters. The highest BCUT2D eigenvalue weighted by Gasteiger charge is 2.23. The predicted molar refractivity (Wildman–Crippen MR) is 86.8 cm³/mol. The molecule has 1 aromatic carbocycles. The molecular weight excluding hydrogens is 300 g/mol. The molecule has 0 aromatic heterocycles. The van der Waals surface area contributed by atoms with Gasteiger partial charge in [-0.2, -0.15) is 0 Å². The molecule has 1 aliphatic heterocycles. The van der Waals surface area contributed by atoms with Gasteiger partial charge in [0.15, 0.2) is 0 Å². The Balaban J connectivity index is 2.18. The Morgan fingerprint density at radius 1 is 1.37 bits per heavy atom. The fraction of sp³-hybridized carbons (Fsp3) is 0.625. The first kappa shape index (κ1) is 14.9. The van der Waals surface area contributed by atoms with Gasteiger partial charge in [0.2, 0.25) is 0 Å². The molecule has 0 saturated carbocycles. The smallest absolute Gasteiger partial charge is 0.0513 e. The van der Waals surface area contributed by atoms with Crippen molar-refractivity contribution in [2.24, 2.45) is 0 Å². The first-order valence-corrected chi connectivity index (χ1v) is 8.25. The molecule has 19 heavy (non-hydrogen) atoms. The van der Waals surface area contributed by atoms with E-state index in [4.69, 9.17) is 0 Å². The third kappa shape index (κ3) is 3.73. The maximum absolute atomic E-state index is 3.76. The molecule has 0 radical (unpaired) electrons. The monoisotopic (exact) mass is 324 g/mol. The van der Waals surface area contributed by atoms with Crippen LogP contribution in [0.5, 0.6) is 0 Å². The van der Waals surface area contributed by atoms with Crippen molar-refractivity contribution in [1.29, 1.82) is 0 Å². The molecule has 0 amide bonds. The molecule has 1 unspecified atom stereocenters. The second-order valence-electron chi connectivity index (χ2n) is 5.45. The topological polar surface area (TPSA) is 15.3 Å². The summed E-state index contributed by atoms with van der Waals surface area (Å²) in [6.45, 7) is 4.42. The van der Waals surface area contributed by atoms with E-state index in [1.165, 1.54) is 54.4 Å². The summed E-state index contributed by atoms with van der Waals surface area (Å²) in [5.41, 5.74) is 2.71. The lowest BCUT2D eigenvalue weighted by molar-refractivity contribution is 0.434. The van der Waals surface area contributed by atoms with E-state index in [0.717, 1.165) is 12.6 Å². The summed E-state index contributed by atoms with van der Waals surface area (Å²) in [5.74, 6) is 0. The standard InChI is InChI=1S/C16H25BrN2/c1-3-6-14-7-4-5-10-19(14)16-9-8-13(12-18-2)11-15(16)17/h8-9,11,14,18H,3-7,10,12H2,1-2H3. The van der Waals surface area contributed by atoms with E-state index in [1.54, 1.807) is 0 Å². The Morgan fingerprint density at radius 2 is 2.21 bits per heavy atom. The maximum atomic E-state index is 3.76. The fourth-order valence-electron chi connectivity index (χ4n) is 3.05. The largest absolute Gasteiger partial charge is 0.368 e. The van der Waals surface area contributed by atoms with E-state index >= 15 is 0 Å². The predicted octanol–water partition coefficient (Wildman–Crippen LogP) is 4.33. The van der Waals surface area contributed by atoms with Gasteiger partial charge < -0.3 is 10.2 Å². The highest BCUT2D eigenvalue weighted by atomic mass is 79.9. The molecule has 2 nitrogen and oxygen atoms in total. The summed E-state index contributed by atoms with van der Waals surface area (Å²) in [6, 6.07) is 7.51. The number of hydrogen-bond acceptors (Lipinski definition) is 2. The van der Waals surface area contributed by atoms with E-state index < -0.39 is 0 Å². The van der Waals surface area contributed by atoms with Crippen LogP contribution in [0, 0.1) is 0 Å². The quantitative estimate of drug-likeness (QED) is 0.867. The number of benzene rings is 1. The van der Waals surface area contributed by atoms with Crippen molar-refractivity contribution in [2.75, 3.05) is 18.5 Å². The van der Waals surface area contributed by atoms with Gasteiger partial charge in [0.1, 0.15) is 0 Å². The number of nitrogens with zero attached hydrogens (tertiary/aromatic N) is 1. The number of piperidine rings is 1. The molecule has 1 fully saturated rings. The second-order valence-corrected chi connectivity index (χ2v) is 6.30. The zero-order valence-electron chi connectivity index (χ0n) is 12.1. The lowest BCUT2D eigenvalue weighted by Crippen LogP contribution is -2.39. The van der Waals surface area contributed by atoms with Crippen LogP contribution in [0.25, 0.3) is 0 Å². The minimum Gasteiger partial charge on any atom is -0.368 e. The summed E-state index contributed by atoms with van der Waals surface area (Å²) in [7, 11) is 1.99. The van der Waals surface area contributed by atoms with Crippen LogP contribution in [0.3, 0.4) is 0 Å². The molecule has 0 aliphatic carbocycles. The minimum absolute atomic E-state index is 0.727. The Kier molecular flexibility index (Phi) is 5.71. The molecule has 0 bridgehead atoms. The fourth-order valence-corrected chi connectivity index (χ4v) is 3.70. The second kappa shape index (κ2) is 7.30. The average molecular weight is 325 g/mol. The number of nitrogens with one attached hydrogen (secondary N) is 1.